The van der Waals surface area contributed by atoms with Crippen molar-refractivity contribution in [2.75, 3.05) is 19.0 Å². The molecule has 6 heteroatoms. The molecule has 5 nitrogen and oxygen atoms in total. The predicted molar refractivity (Wildman–Crippen MR) is 106 cm³/mol. The zero-order valence-corrected chi connectivity index (χ0v) is 15.8. The lowest BCUT2D eigenvalue weighted by molar-refractivity contribution is -0.122. The van der Waals surface area contributed by atoms with E-state index in [0.29, 0.717) is 18.2 Å². The van der Waals surface area contributed by atoms with Crippen LogP contribution in [0, 0.1) is 0 Å². The summed E-state index contributed by atoms with van der Waals surface area (Å²) in [5.74, 6) is 0.619. The van der Waals surface area contributed by atoms with Crippen molar-refractivity contribution in [1.82, 2.24) is 4.98 Å². The molecule has 1 aliphatic rings. The number of thiazole rings is 1. The van der Waals surface area contributed by atoms with Crippen molar-refractivity contribution in [2.45, 2.75) is 18.9 Å². The minimum Gasteiger partial charge on any atom is -0.480 e. The Kier molecular flexibility index (Phi) is 5.18. The molecule has 2 heterocycles. The van der Waals surface area contributed by atoms with Crippen molar-refractivity contribution in [3.63, 3.8) is 0 Å². The Morgan fingerprint density at radius 3 is 2.85 bits per heavy atom. The zero-order chi connectivity index (χ0) is 18.6. The number of hydrogen-bond donors (Lipinski definition) is 1. The van der Waals surface area contributed by atoms with E-state index in [1.54, 1.807) is 7.11 Å². The number of carbonyl (C=O) groups is 1. The van der Waals surface area contributed by atoms with Gasteiger partial charge in [0.25, 0.3) is 5.91 Å². The second-order valence-corrected chi connectivity index (χ2v) is 7.24. The van der Waals surface area contributed by atoms with Gasteiger partial charge < -0.3 is 9.47 Å². The highest BCUT2D eigenvalue weighted by Crippen LogP contribution is 2.30. The number of hydrogen-bond acceptors (Lipinski definition) is 5. The van der Waals surface area contributed by atoms with E-state index in [9.17, 15) is 4.79 Å². The number of aromatic nitrogens is 1. The van der Waals surface area contributed by atoms with E-state index in [2.05, 4.69) is 22.4 Å². The first-order chi connectivity index (χ1) is 13.2. The first-order valence-corrected chi connectivity index (χ1v) is 9.70. The number of fused-ring (bicyclic) bond motifs is 1. The van der Waals surface area contributed by atoms with Gasteiger partial charge in [-0.15, -0.1) is 11.3 Å². The average molecular weight is 380 g/mol. The molecular formula is C21H20N2O3S. The van der Waals surface area contributed by atoms with E-state index in [-0.39, 0.29) is 5.91 Å². The number of benzene rings is 2. The van der Waals surface area contributed by atoms with E-state index in [4.69, 9.17) is 9.47 Å². The zero-order valence-electron chi connectivity index (χ0n) is 15.0. The first-order valence-electron chi connectivity index (χ1n) is 8.82. The van der Waals surface area contributed by atoms with Gasteiger partial charge in [-0.1, -0.05) is 42.5 Å². The van der Waals surface area contributed by atoms with Crippen molar-refractivity contribution < 1.29 is 14.3 Å². The molecule has 0 saturated heterocycles. The summed E-state index contributed by atoms with van der Waals surface area (Å²) in [7, 11) is 1.70. The van der Waals surface area contributed by atoms with E-state index < -0.39 is 6.10 Å². The summed E-state index contributed by atoms with van der Waals surface area (Å²) in [6.07, 6.45) is 0.970. The molecule has 1 aliphatic heterocycles. The van der Waals surface area contributed by atoms with Crippen LogP contribution < -0.4 is 10.1 Å². The molecule has 3 aromatic rings. The van der Waals surface area contributed by atoms with Crippen LogP contribution in [0.25, 0.3) is 11.3 Å². The number of ether oxygens (including phenoxy) is 2. The molecule has 1 aromatic heterocycles. The number of rotatable bonds is 6. The summed E-state index contributed by atoms with van der Waals surface area (Å²) in [5.41, 5.74) is 4.16. The van der Waals surface area contributed by atoms with Gasteiger partial charge in [0.1, 0.15) is 5.75 Å². The van der Waals surface area contributed by atoms with Gasteiger partial charge in [-0.3, -0.25) is 10.1 Å². The molecular weight excluding hydrogens is 360 g/mol. The maximum atomic E-state index is 12.5. The van der Waals surface area contributed by atoms with Crippen molar-refractivity contribution in [3.05, 3.63) is 65.0 Å². The highest BCUT2D eigenvalue weighted by molar-refractivity contribution is 7.14. The summed E-state index contributed by atoms with van der Waals surface area (Å²) >= 11 is 1.41. The molecule has 0 fully saturated rings. The van der Waals surface area contributed by atoms with Gasteiger partial charge in [0.15, 0.2) is 11.2 Å². The van der Waals surface area contributed by atoms with E-state index in [1.165, 1.54) is 16.9 Å². The maximum Gasteiger partial charge on any atom is 0.267 e. The average Bonchev–Trinajstić information content (AvgIpc) is 3.33. The van der Waals surface area contributed by atoms with Crippen LogP contribution in [0.15, 0.2) is 53.9 Å². The van der Waals surface area contributed by atoms with Crippen LogP contribution in [0.1, 0.15) is 11.1 Å². The Bertz CT molecular complexity index is 912. The van der Waals surface area contributed by atoms with Gasteiger partial charge in [-0.2, -0.15) is 0 Å². The monoisotopic (exact) mass is 380 g/mol. The maximum absolute atomic E-state index is 12.5. The minimum atomic E-state index is -0.505. The number of carbonyl (C=O) groups excluding carboxylic acids is 1. The van der Waals surface area contributed by atoms with Crippen LogP contribution in [0.4, 0.5) is 5.13 Å². The van der Waals surface area contributed by atoms with Crippen LogP contribution in [-0.4, -0.2) is 30.7 Å². The Morgan fingerprint density at radius 1 is 1.26 bits per heavy atom. The van der Waals surface area contributed by atoms with E-state index in [1.807, 2.05) is 41.8 Å². The van der Waals surface area contributed by atoms with Crippen LogP contribution >= 0.6 is 11.3 Å². The molecule has 27 heavy (non-hydrogen) atoms. The third kappa shape index (κ3) is 4.02. The topological polar surface area (TPSA) is 60.5 Å². The summed E-state index contributed by atoms with van der Waals surface area (Å²) in [6, 6.07) is 16.0. The summed E-state index contributed by atoms with van der Waals surface area (Å²) in [4.78, 5) is 17.0. The van der Waals surface area contributed by atoms with Crippen molar-refractivity contribution in [3.8, 4) is 17.0 Å². The number of para-hydroxylation sites is 1. The molecule has 4 rings (SSSR count). The molecule has 0 unspecified atom stereocenters. The largest absolute Gasteiger partial charge is 0.480 e. The van der Waals surface area contributed by atoms with Crippen LogP contribution in [0.3, 0.4) is 0 Å². The summed E-state index contributed by atoms with van der Waals surface area (Å²) < 4.78 is 10.8. The van der Waals surface area contributed by atoms with Crippen LogP contribution in [0.2, 0.25) is 0 Å². The number of methoxy groups -OCH3 is 1. The lowest BCUT2D eigenvalue weighted by Gasteiger charge is -2.09. The van der Waals surface area contributed by atoms with Crippen molar-refractivity contribution >= 4 is 22.4 Å². The van der Waals surface area contributed by atoms with Crippen LogP contribution in [-0.2, 0) is 22.4 Å². The van der Waals surface area contributed by atoms with Gasteiger partial charge >= 0.3 is 0 Å². The Labute approximate surface area is 162 Å². The number of nitrogens with zero attached hydrogens (tertiary/aromatic N) is 1. The standard InChI is InChI=1S/C21H20N2O3S/c1-25-11-10-14-6-8-15(9-7-14)17-13-27-21(22-17)23-20(24)19-12-16-4-2-3-5-18(16)26-19/h2-9,13,19H,10-12H2,1H3,(H,22,23,24)/t19-/m1/s1. The van der Waals surface area contributed by atoms with Gasteiger partial charge in [0.2, 0.25) is 0 Å². The second-order valence-electron chi connectivity index (χ2n) is 6.39. The van der Waals surface area contributed by atoms with Gasteiger partial charge in [0.05, 0.1) is 12.3 Å². The number of nitrogens with one attached hydrogen (secondary N) is 1. The molecule has 0 radical (unpaired) electrons. The molecule has 0 saturated carbocycles. The Morgan fingerprint density at radius 2 is 2.07 bits per heavy atom. The first kappa shape index (κ1) is 17.7. The lowest BCUT2D eigenvalue weighted by Crippen LogP contribution is -2.31. The molecule has 138 valence electrons. The highest BCUT2D eigenvalue weighted by atomic mass is 32.1. The van der Waals surface area contributed by atoms with E-state index in [0.717, 1.165) is 29.0 Å². The molecule has 0 spiro atoms. The molecule has 0 aliphatic carbocycles. The van der Waals surface area contributed by atoms with Gasteiger partial charge in [0, 0.05) is 24.5 Å². The molecule has 1 N–H and O–H groups in total. The normalized spacial score (nSPS) is 15.2. The third-order valence-corrected chi connectivity index (χ3v) is 5.28. The second kappa shape index (κ2) is 7.90. The van der Waals surface area contributed by atoms with Crippen molar-refractivity contribution in [1.29, 1.82) is 0 Å². The van der Waals surface area contributed by atoms with Gasteiger partial charge in [-0.05, 0) is 23.6 Å². The highest BCUT2D eigenvalue weighted by Gasteiger charge is 2.29. The Balaban J connectivity index is 1.39. The van der Waals surface area contributed by atoms with Crippen molar-refractivity contribution in [2.24, 2.45) is 0 Å². The fourth-order valence-corrected chi connectivity index (χ4v) is 3.76. The summed E-state index contributed by atoms with van der Waals surface area (Å²) in [6.45, 7) is 0.708. The third-order valence-electron chi connectivity index (χ3n) is 4.52. The van der Waals surface area contributed by atoms with E-state index >= 15 is 0 Å². The summed E-state index contributed by atoms with van der Waals surface area (Å²) in [5, 5.41) is 5.41. The Hall–Kier alpha value is -2.70. The predicted octanol–water partition coefficient (Wildman–Crippen LogP) is 3.94. The fraction of sp³-hybridized carbons (Fsp3) is 0.238. The molecule has 2 aromatic carbocycles. The number of amides is 1. The molecule has 1 amide bonds. The van der Waals surface area contributed by atoms with Crippen LogP contribution in [0.5, 0.6) is 5.75 Å². The lowest BCUT2D eigenvalue weighted by atomic mass is 10.1. The molecule has 1 atom stereocenters. The minimum absolute atomic E-state index is 0.165. The fourth-order valence-electron chi connectivity index (χ4n) is 3.04. The van der Waals surface area contributed by atoms with Gasteiger partial charge in [-0.25, -0.2) is 4.98 Å². The number of anilines is 1. The quantitative estimate of drug-likeness (QED) is 0.704. The smallest absolute Gasteiger partial charge is 0.267 e. The SMILES string of the molecule is COCCc1ccc(-c2csc(NC(=O)[C@H]3Cc4ccccc4O3)n2)cc1. The molecule has 0 bridgehead atoms.